The van der Waals surface area contributed by atoms with Crippen molar-refractivity contribution < 1.29 is 4.79 Å². The summed E-state index contributed by atoms with van der Waals surface area (Å²) in [5.74, 6) is -0.0550. The second-order valence-corrected chi connectivity index (χ2v) is 7.55. The van der Waals surface area contributed by atoms with Crippen LogP contribution in [0.1, 0.15) is 12.5 Å². The summed E-state index contributed by atoms with van der Waals surface area (Å²) in [5.41, 5.74) is 3.55. The molecule has 0 bridgehead atoms. The van der Waals surface area contributed by atoms with Crippen molar-refractivity contribution in [1.82, 2.24) is 19.7 Å². The maximum Gasteiger partial charge on any atom is 0.266 e. The molecule has 0 spiro atoms. The zero-order valence-electron chi connectivity index (χ0n) is 14.6. The van der Waals surface area contributed by atoms with Crippen LogP contribution in [-0.4, -0.2) is 36.4 Å². The molecule has 4 rings (SSSR count). The van der Waals surface area contributed by atoms with E-state index in [9.17, 15) is 4.79 Å². The van der Waals surface area contributed by atoms with Crippen LogP contribution in [0, 0.1) is 0 Å². The first-order chi connectivity index (χ1) is 13.2. The zero-order valence-corrected chi connectivity index (χ0v) is 16.2. The molecule has 7 heteroatoms. The largest absolute Gasteiger partial charge is 0.293 e. The number of carbonyl (C=O) groups excluding carboxylic acids is 1. The first-order valence-electron chi connectivity index (χ1n) is 8.48. The van der Waals surface area contributed by atoms with Crippen molar-refractivity contribution in [2.45, 2.75) is 6.92 Å². The van der Waals surface area contributed by atoms with E-state index < -0.39 is 0 Å². The smallest absolute Gasteiger partial charge is 0.266 e. The molecule has 3 heterocycles. The van der Waals surface area contributed by atoms with Gasteiger partial charge >= 0.3 is 0 Å². The third-order valence-electron chi connectivity index (χ3n) is 4.19. The molecule has 3 aromatic rings. The number of thiocarbonyl (C=S) groups is 1. The molecule has 1 saturated heterocycles. The van der Waals surface area contributed by atoms with E-state index in [-0.39, 0.29) is 5.91 Å². The van der Waals surface area contributed by atoms with E-state index in [4.69, 9.17) is 17.3 Å². The number of hydrogen-bond acceptors (Lipinski definition) is 5. The van der Waals surface area contributed by atoms with Crippen LogP contribution in [0.3, 0.4) is 0 Å². The lowest BCUT2D eigenvalue weighted by Crippen LogP contribution is -2.27. The summed E-state index contributed by atoms with van der Waals surface area (Å²) in [7, 11) is 0. The van der Waals surface area contributed by atoms with Gasteiger partial charge in [-0.15, -0.1) is 0 Å². The molecule has 2 aromatic heterocycles. The molecule has 0 unspecified atom stereocenters. The molecule has 1 aromatic carbocycles. The molecular weight excluding hydrogens is 376 g/mol. The molecule has 27 heavy (non-hydrogen) atoms. The number of aromatic nitrogens is 3. The Bertz CT molecular complexity index is 1030. The Morgan fingerprint density at radius 2 is 1.89 bits per heavy atom. The Hall–Kier alpha value is -2.77. The molecule has 5 nitrogen and oxygen atoms in total. The summed E-state index contributed by atoms with van der Waals surface area (Å²) in [6.07, 6.45) is 7.27. The highest BCUT2D eigenvalue weighted by molar-refractivity contribution is 8.26. The standard InChI is InChI=1S/C20H16N4OS2/c1-2-23-19(25)17(27-20(23)26)12-15-13-24(16-6-4-3-5-7-16)22-18(15)14-8-10-21-11-9-14/h3-13H,2H2,1H3/b17-12+. The van der Waals surface area contributed by atoms with Crippen LogP contribution in [-0.2, 0) is 4.79 Å². The van der Waals surface area contributed by atoms with Gasteiger partial charge in [0.05, 0.1) is 10.6 Å². The van der Waals surface area contributed by atoms with Gasteiger partial charge < -0.3 is 0 Å². The number of carbonyl (C=O) groups is 1. The number of pyridine rings is 1. The van der Waals surface area contributed by atoms with Crippen LogP contribution in [0.5, 0.6) is 0 Å². The predicted octanol–water partition coefficient (Wildman–Crippen LogP) is 4.16. The second kappa shape index (κ2) is 7.46. The predicted molar refractivity (Wildman–Crippen MR) is 112 cm³/mol. The summed E-state index contributed by atoms with van der Waals surface area (Å²) in [6.45, 7) is 2.49. The van der Waals surface area contributed by atoms with Gasteiger partial charge in [-0.2, -0.15) is 5.10 Å². The molecule has 134 valence electrons. The Labute approximate surface area is 166 Å². The number of likely N-dealkylation sites (N-methyl/N-ethyl adjacent to an activating group) is 1. The average Bonchev–Trinajstić information content (AvgIpc) is 3.24. The highest BCUT2D eigenvalue weighted by Gasteiger charge is 2.31. The summed E-state index contributed by atoms with van der Waals surface area (Å²) >= 11 is 6.65. The van der Waals surface area contributed by atoms with Crippen molar-refractivity contribution in [3.05, 3.63) is 71.5 Å². The molecule has 0 saturated carbocycles. The van der Waals surface area contributed by atoms with Crippen molar-refractivity contribution in [1.29, 1.82) is 0 Å². The van der Waals surface area contributed by atoms with Gasteiger partial charge in [-0.1, -0.05) is 42.2 Å². The van der Waals surface area contributed by atoms with E-state index >= 15 is 0 Å². The minimum atomic E-state index is -0.0550. The second-order valence-electron chi connectivity index (χ2n) is 5.88. The fourth-order valence-electron chi connectivity index (χ4n) is 2.85. The Kier molecular flexibility index (Phi) is 4.87. The number of nitrogens with zero attached hydrogens (tertiary/aromatic N) is 4. The van der Waals surface area contributed by atoms with E-state index in [1.165, 1.54) is 11.8 Å². The Balaban J connectivity index is 1.82. The third-order valence-corrected chi connectivity index (χ3v) is 5.57. The van der Waals surface area contributed by atoms with Crippen molar-refractivity contribution >= 4 is 40.3 Å². The SMILES string of the molecule is CCN1C(=O)/C(=C\c2cn(-c3ccccc3)nc2-c2ccncc2)SC1=S. The van der Waals surface area contributed by atoms with Crippen LogP contribution >= 0.6 is 24.0 Å². The summed E-state index contributed by atoms with van der Waals surface area (Å²) in [5, 5.41) is 4.75. The molecule has 1 aliphatic heterocycles. The minimum Gasteiger partial charge on any atom is -0.293 e. The van der Waals surface area contributed by atoms with E-state index in [0.29, 0.717) is 15.8 Å². The number of hydrogen-bond donors (Lipinski definition) is 0. The number of para-hydroxylation sites is 1. The third kappa shape index (κ3) is 3.43. The van der Waals surface area contributed by atoms with Gasteiger partial charge in [0.25, 0.3) is 5.91 Å². The first kappa shape index (κ1) is 17.6. The van der Waals surface area contributed by atoms with E-state index in [0.717, 1.165) is 22.5 Å². The summed E-state index contributed by atoms with van der Waals surface area (Å²) < 4.78 is 2.41. The van der Waals surface area contributed by atoms with Crippen LogP contribution in [0.2, 0.25) is 0 Å². The summed E-state index contributed by atoms with van der Waals surface area (Å²) in [6, 6.07) is 13.7. The maximum absolute atomic E-state index is 12.6. The van der Waals surface area contributed by atoms with Crippen LogP contribution < -0.4 is 0 Å². The first-order valence-corrected chi connectivity index (χ1v) is 9.70. The monoisotopic (exact) mass is 392 g/mol. The average molecular weight is 393 g/mol. The highest BCUT2D eigenvalue weighted by atomic mass is 32.2. The molecular formula is C20H16N4OS2. The lowest BCUT2D eigenvalue weighted by molar-refractivity contribution is -0.121. The number of amides is 1. The Morgan fingerprint density at radius 1 is 1.15 bits per heavy atom. The van der Waals surface area contributed by atoms with Gasteiger partial charge in [0.2, 0.25) is 0 Å². The molecule has 1 aliphatic rings. The maximum atomic E-state index is 12.6. The van der Waals surface area contributed by atoms with E-state index in [1.807, 2.05) is 66.3 Å². The normalized spacial score (nSPS) is 15.7. The molecule has 1 amide bonds. The van der Waals surface area contributed by atoms with Crippen molar-refractivity contribution in [3.63, 3.8) is 0 Å². The zero-order chi connectivity index (χ0) is 18.8. The fourth-order valence-corrected chi connectivity index (χ4v) is 4.23. The lowest BCUT2D eigenvalue weighted by Gasteiger charge is -2.09. The fraction of sp³-hybridized carbons (Fsp3) is 0.100. The molecule has 1 fully saturated rings. The summed E-state index contributed by atoms with van der Waals surface area (Å²) in [4.78, 5) is 18.9. The van der Waals surface area contributed by atoms with Crippen LogP contribution in [0.15, 0.2) is 66.0 Å². The van der Waals surface area contributed by atoms with Crippen molar-refractivity contribution in [3.8, 4) is 16.9 Å². The van der Waals surface area contributed by atoms with Crippen molar-refractivity contribution in [2.75, 3.05) is 6.54 Å². The van der Waals surface area contributed by atoms with Gasteiger partial charge in [-0.25, -0.2) is 4.68 Å². The van der Waals surface area contributed by atoms with Gasteiger partial charge in [0.1, 0.15) is 10.0 Å². The minimum absolute atomic E-state index is 0.0550. The van der Waals surface area contributed by atoms with Crippen molar-refractivity contribution in [2.24, 2.45) is 0 Å². The molecule has 0 aliphatic carbocycles. The lowest BCUT2D eigenvalue weighted by atomic mass is 10.1. The number of thioether (sulfide) groups is 1. The van der Waals surface area contributed by atoms with E-state index in [1.54, 1.807) is 17.3 Å². The number of benzene rings is 1. The van der Waals surface area contributed by atoms with Crippen LogP contribution in [0.4, 0.5) is 0 Å². The molecule has 0 radical (unpaired) electrons. The van der Waals surface area contributed by atoms with Gasteiger partial charge in [0.15, 0.2) is 0 Å². The van der Waals surface area contributed by atoms with Gasteiger partial charge in [-0.3, -0.25) is 14.7 Å². The van der Waals surface area contributed by atoms with Gasteiger partial charge in [-0.05, 0) is 37.3 Å². The quantitative estimate of drug-likeness (QED) is 0.493. The topological polar surface area (TPSA) is 51.0 Å². The van der Waals surface area contributed by atoms with Gasteiger partial charge in [0, 0.05) is 36.3 Å². The molecule has 0 atom stereocenters. The van der Waals surface area contributed by atoms with Crippen LogP contribution in [0.25, 0.3) is 23.0 Å². The highest BCUT2D eigenvalue weighted by Crippen LogP contribution is 2.34. The van der Waals surface area contributed by atoms with E-state index in [2.05, 4.69) is 4.98 Å². The Morgan fingerprint density at radius 3 is 2.56 bits per heavy atom. The molecule has 0 N–H and O–H groups in total. The number of rotatable bonds is 4.